The van der Waals surface area contributed by atoms with E-state index in [1.165, 1.54) is 0 Å². The summed E-state index contributed by atoms with van der Waals surface area (Å²) in [5.74, 6) is 1.17. The number of hydrogen-bond acceptors (Lipinski definition) is 4. The van der Waals surface area contributed by atoms with Crippen LogP contribution in [0, 0.1) is 6.92 Å². The molecule has 0 unspecified atom stereocenters. The van der Waals surface area contributed by atoms with Crippen LogP contribution in [0.2, 0.25) is 0 Å². The minimum absolute atomic E-state index is 0.130. The number of anilines is 1. The third-order valence-corrected chi connectivity index (χ3v) is 3.13. The number of nitrogens with two attached hydrogens (primary N) is 1. The molecule has 19 heavy (non-hydrogen) atoms. The lowest BCUT2D eigenvalue weighted by Crippen LogP contribution is -2.13. The van der Waals surface area contributed by atoms with Gasteiger partial charge in [0.1, 0.15) is 5.75 Å². The first-order chi connectivity index (χ1) is 8.84. The van der Waals surface area contributed by atoms with Crippen LogP contribution in [0.15, 0.2) is 22.7 Å². The quantitative estimate of drug-likeness (QED) is 0.897. The van der Waals surface area contributed by atoms with Crippen LogP contribution in [0.1, 0.15) is 32.0 Å². The maximum Gasteiger partial charge on any atom is 0.230 e. The van der Waals surface area contributed by atoms with Crippen LogP contribution in [-0.2, 0) is 5.41 Å². The van der Waals surface area contributed by atoms with E-state index >= 15 is 0 Å². The molecule has 0 aliphatic heterocycles. The molecule has 0 spiro atoms. The Balaban J connectivity index is 2.62. The van der Waals surface area contributed by atoms with Gasteiger partial charge in [0.25, 0.3) is 0 Å². The summed E-state index contributed by atoms with van der Waals surface area (Å²) < 4.78 is 10.5. The molecular formula is C15H20N2O2. The molecule has 4 nitrogen and oxygen atoms in total. The molecule has 2 N–H and O–H groups in total. The molecule has 0 fully saturated rings. The molecule has 0 bridgehead atoms. The molecule has 102 valence electrons. The van der Waals surface area contributed by atoms with Crippen LogP contribution in [0.25, 0.3) is 11.1 Å². The third kappa shape index (κ3) is 2.43. The lowest BCUT2D eigenvalue weighted by Gasteiger charge is -2.17. The Bertz CT molecular complexity index is 595. The number of nitrogen functional groups attached to an aromatic ring is 1. The SMILES string of the molecule is COc1cc(-c2c(C(C)(C)C)noc2N)ccc1C. The highest BCUT2D eigenvalue weighted by molar-refractivity contribution is 5.77. The predicted octanol–water partition coefficient (Wildman–Crippen LogP) is 3.54. The predicted molar refractivity (Wildman–Crippen MR) is 76.3 cm³/mol. The minimum Gasteiger partial charge on any atom is -0.496 e. The molecule has 4 heteroatoms. The van der Waals surface area contributed by atoms with Gasteiger partial charge in [0.05, 0.1) is 18.4 Å². The lowest BCUT2D eigenvalue weighted by atomic mass is 9.87. The fourth-order valence-corrected chi connectivity index (χ4v) is 2.07. The Labute approximate surface area is 113 Å². The summed E-state index contributed by atoms with van der Waals surface area (Å²) in [6.45, 7) is 8.25. The normalized spacial score (nSPS) is 11.6. The van der Waals surface area contributed by atoms with Gasteiger partial charge in [-0.3, -0.25) is 0 Å². The van der Waals surface area contributed by atoms with E-state index in [4.69, 9.17) is 15.0 Å². The number of methoxy groups -OCH3 is 1. The monoisotopic (exact) mass is 260 g/mol. The molecule has 0 amide bonds. The third-order valence-electron chi connectivity index (χ3n) is 3.13. The topological polar surface area (TPSA) is 61.3 Å². The van der Waals surface area contributed by atoms with Gasteiger partial charge in [-0.1, -0.05) is 38.1 Å². The highest BCUT2D eigenvalue weighted by Gasteiger charge is 2.26. The van der Waals surface area contributed by atoms with Crippen LogP contribution in [-0.4, -0.2) is 12.3 Å². The van der Waals surface area contributed by atoms with E-state index in [1.54, 1.807) is 7.11 Å². The van der Waals surface area contributed by atoms with Crippen molar-refractivity contribution in [3.63, 3.8) is 0 Å². The van der Waals surface area contributed by atoms with E-state index in [2.05, 4.69) is 25.9 Å². The lowest BCUT2D eigenvalue weighted by molar-refractivity contribution is 0.405. The van der Waals surface area contributed by atoms with Crippen LogP contribution in [0.4, 0.5) is 5.88 Å². The molecule has 0 aliphatic rings. The van der Waals surface area contributed by atoms with Crippen molar-refractivity contribution < 1.29 is 9.26 Å². The van der Waals surface area contributed by atoms with Gasteiger partial charge in [0.2, 0.25) is 5.88 Å². The summed E-state index contributed by atoms with van der Waals surface area (Å²) in [4.78, 5) is 0. The van der Waals surface area contributed by atoms with E-state index in [1.807, 2.05) is 25.1 Å². The number of rotatable bonds is 2. The minimum atomic E-state index is -0.130. The van der Waals surface area contributed by atoms with Gasteiger partial charge in [-0.2, -0.15) is 0 Å². The first-order valence-electron chi connectivity index (χ1n) is 6.25. The molecule has 0 aliphatic carbocycles. The van der Waals surface area contributed by atoms with Gasteiger partial charge in [0, 0.05) is 5.41 Å². The molecule has 0 saturated heterocycles. The molecule has 2 aromatic rings. The maximum absolute atomic E-state index is 5.93. The van der Waals surface area contributed by atoms with Crippen molar-refractivity contribution in [1.82, 2.24) is 5.16 Å². The molecule has 0 saturated carbocycles. The fraction of sp³-hybridized carbons (Fsp3) is 0.400. The van der Waals surface area contributed by atoms with Crippen molar-refractivity contribution in [3.8, 4) is 16.9 Å². The molecule has 0 radical (unpaired) electrons. The molecular weight excluding hydrogens is 240 g/mol. The molecule has 1 aromatic heterocycles. The van der Waals surface area contributed by atoms with Crippen LogP contribution >= 0.6 is 0 Å². The zero-order chi connectivity index (χ0) is 14.2. The summed E-state index contributed by atoms with van der Waals surface area (Å²) in [6.07, 6.45) is 0. The van der Waals surface area contributed by atoms with Crippen LogP contribution in [0.5, 0.6) is 5.75 Å². The standard InChI is InChI=1S/C15H20N2O2/c1-9-6-7-10(8-11(9)18-5)12-13(15(2,3)4)17-19-14(12)16/h6-8H,16H2,1-5H3. The second-order valence-corrected chi connectivity index (χ2v) is 5.70. The van der Waals surface area contributed by atoms with Crippen molar-refractivity contribution in [2.75, 3.05) is 12.8 Å². The van der Waals surface area contributed by atoms with Crippen molar-refractivity contribution in [2.24, 2.45) is 0 Å². The highest BCUT2D eigenvalue weighted by atomic mass is 16.5. The number of hydrogen-bond donors (Lipinski definition) is 1. The Morgan fingerprint density at radius 2 is 1.95 bits per heavy atom. The first kappa shape index (κ1) is 13.5. The van der Waals surface area contributed by atoms with Gasteiger partial charge in [0.15, 0.2) is 0 Å². The van der Waals surface area contributed by atoms with Gasteiger partial charge in [-0.05, 0) is 24.1 Å². The summed E-state index contributed by atoms with van der Waals surface area (Å²) in [7, 11) is 1.66. The van der Waals surface area contributed by atoms with Crippen molar-refractivity contribution in [3.05, 3.63) is 29.5 Å². The molecule has 2 rings (SSSR count). The largest absolute Gasteiger partial charge is 0.496 e. The smallest absolute Gasteiger partial charge is 0.230 e. The number of nitrogens with zero attached hydrogens (tertiary/aromatic N) is 1. The average Bonchev–Trinajstić information content (AvgIpc) is 2.72. The summed E-state index contributed by atoms with van der Waals surface area (Å²) >= 11 is 0. The van der Waals surface area contributed by atoms with Gasteiger partial charge >= 0.3 is 0 Å². The van der Waals surface area contributed by atoms with Gasteiger partial charge < -0.3 is 15.0 Å². The summed E-state index contributed by atoms with van der Waals surface area (Å²) in [6, 6.07) is 5.98. The second-order valence-electron chi connectivity index (χ2n) is 5.70. The van der Waals surface area contributed by atoms with Crippen molar-refractivity contribution >= 4 is 5.88 Å². The summed E-state index contributed by atoms with van der Waals surface area (Å²) in [5.41, 5.74) is 9.56. The van der Waals surface area contributed by atoms with Crippen molar-refractivity contribution in [2.45, 2.75) is 33.1 Å². The Morgan fingerprint density at radius 1 is 1.26 bits per heavy atom. The molecule has 1 heterocycles. The Hall–Kier alpha value is -1.97. The van der Waals surface area contributed by atoms with E-state index in [9.17, 15) is 0 Å². The van der Waals surface area contributed by atoms with Crippen LogP contribution in [0.3, 0.4) is 0 Å². The summed E-state index contributed by atoms with van der Waals surface area (Å²) in [5, 5.41) is 4.10. The highest BCUT2D eigenvalue weighted by Crippen LogP contribution is 2.38. The number of ether oxygens (including phenoxy) is 1. The number of benzene rings is 1. The van der Waals surface area contributed by atoms with E-state index in [0.717, 1.165) is 28.1 Å². The zero-order valence-electron chi connectivity index (χ0n) is 12.1. The molecule has 1 aromatic carbocycles. The van der Waals surface area contributed by atoms with Gasteiger partial charge in [-0.15, -0.1) is 0 Å². The van der Waals surface area contributed by atoms with E-state index in [-0.39, 0.29) is 5.41 Å². The average molecular weight is 260 g/mol. The van der Waals surface area contributed by atoms with Crippen molar-refractivity contribution in [1.29, 1.82) is 0 Å². The van der Waals surface area contributed by atoms with E-state index in [0.29, 0.717) is 5.88 Å². The fourth-order valence-electron chi connectivity index (χ4n) is 2.07. The Kier molecular flexibility index (Phi) is 3.27. The number of aromatic nitrogens is 1. The first-order valence-corrected chi connectivity index (χ1v) is 6.25. The molecule has 0 atom stereocenters. The Morgan fingerprint density at radius 3 is 2.53 bits per heavy atom. The number of aryl methyl sites for hydroxylation is 1. The second kappa shape index (κ2) is 4.61. The maximum atomic E-state index is 5.93. The van der Waals surface area contributed by atoms with Gasteiger partial charge in [-0.25, -0.2) is 0 Å². The zero-order valence-corrected chi connectivity index (χ0v) is 12.1. The van der Waals surface area contributed by atoms with Crippen LogP contribution < -0.4 is 10.5 Å². The van der Waals surface area contributed by atoms with E-state index < -0.39 is 0 Å².